The number of carbonyl (C=O) groups excluding carboxylic acids is 2. The lowest BCUT2D eigenvalue weighted by molar-refractivity contribution is -0.172. The molecule has 29 heavy (non-hydrogen) atoms. The van der Waals surface area contributed by atoms with Crippen LogP contribution in [0.25, 0.3) is 0 Å². The number of benzene rings is 2. The van der Waals surface area contributed by atoms with Crippen LogP contribution in [0.5, 0.6) is 0 Å². The second kappa shape index (κ2) is 11.5. The zero-order valence-electron chi connectivity index (χ0n) is 17.0. The lowest BCUT2D eigenvalue weighted by Gasteiger charge is -2.36. The van der Waals surface area contributed by atoms with Gasteiger partial charge in [0.15, 0.2) is 0 Å². The topological polar surface area (TPSA) is 89.6 Å². The number of Topliss-reactive ketones (excluding diaryl/α,β-unsaturated/α-hetero) is 1. The monoisotopic (exact) mass is 397 g/mol. The Hall–Kier alpha value is -2.50. The molecule has 2 aromatic rings. The predicted octanol–water partition coefficient (Wildman–Crippen LogP) is 3.74. The normalized spacial score (nSPS) is 19.7. The number of ether oxygens (including phenoxy) is 1. The lowest BCUT2D eigenvalue weighted by atomic mass is 9.83. The smallest absolute Gasteiger partial charge is 0.313 e. The van der Waals surface area contributed by atoms with Gasteiger partial charge in [-0.25, -0.2) is 0 Å². The van der Waals surface area contributed by atoms with E-state index in [4.69, 9.17) is 15.6 Å². The Morgan fingerprint density at radius 3 is 2.21 bits per heavy atom. The van der Waals surface area contributed by atoms with Crippen LogP contribution >= 0.6 is 0 Å². The molecule has 0 unspecified atom stereocenters. The number of hydrogen-bond donors (Lipinski definition) is 2. The molecule has 1 aliphatic rings. The van der Waals surface area contributed by atoms with Crippen LogP contribution in [-0.2, 0) is 20.7 Å². The molecule has 3 rings (SSSR count). The second-order valence-electron chi connectivity index (χ2n) is 7.48. The van der Waals surface area contributed by atoms with E-state index in [1.54, 1.807) is 0 Å². The third-order valence-electron chi connectivity index (χ3n) is 5.03. The maximum atomic E-state index is 11.7. The van der Waals surface area contributed by atoms with Gasteiger partial charge in [-0.3, -0.25) is 9.59 Å². The van der Waals surface area contributed by atoms with E-state index in [-0.39, 0.29) is 30.8 Å². The zero-order valence-corrected chi connectivity index (χ0v) is 17.0. The van der Waals surface area contributed by atoms with Gasteiger partial charge in [0.1, 0.15) is 17.8 Å². The van der Waals surface area contributed by atoms with Crippen LogP contribution in [0.1, 0.15) is 56.2 Å². The Labute approximate surface area is 172 Å². The Morgan fingerprint density at radius 1 is 1.03 bits per heavy atom. The fraction of sp³-hybridized carbons (Fsp3) is 0.417. The molecule has 1 heterocycles. The summed E-state index contributed by atoms with van der Waals surface area (Å²) in [5.74, 6) is -0.351. The number of rotatable bonds is 7. The number of aliphatic hydroxyl groups is 1. The first-order valence-corrected chi connectivity index (χ1v) is 10.2. The summed E-state index contributed by atoms with van der Waals surface area (Å²) >= 11 is 0. The van der Waals surface area contributed by atoms with Crippen LogP contribution in [0.15, 0.2) is 60.7 Å². The van der Waals surface area contributed by atoms with Crippen molar-refractivity contribution in [3.05, 3.63) is 71.8 Å². The molecule has 2 aromatic carbocycles. The third-order valence-corrected chi connectivity index (χ3v) is 5.03. The second-order valence-corrected chi connectivity index (χ2v) is 7.48. The lowest BCUT2D eigenvalue weighted by Crippen LogP contribution is -2.43. The molecule has 1 aliphatic heterocycles. The quantitative estimate of drug-likeness (QED) is 0.549. The molecular formula is C24H31NO4. The molecule has 1 saturated heterocycles. The number of carbonyl (C=O) groups is 2. The molecule has 5 nitrogen and oxygen atoms in total. The van der Waals surface area contributed by atoms with Crippen molar-refractivity contribution in [2.24, 2.45) is 5.73 Å². The van der Waals surface area contributed by atoms with E-state index in [9.17, 15) is 9.59 Å². The van der Waals surface area contributed by atoms with Crippen LogP contribution < -0.4 is 5.73 Å². The third kappa shape index (κ3) is 7.44. The molecule has 0 aliphatic carbocycles. The van der Waals surface area contributed by atoms with Gasteiger partial charge in [-0.2, -0.15) is 0 Å². The Balaban J connectivity index is 0.000000253. The first-order chi connectivity index (χ1) is 14.0. The van der Waals surface area contributed by atoms with Gasteiger partial charge in [0, 0.05) is 6.42 Å². The van der Waals surface area contributed by atoms with Gasteiger partial charge in [-0.05, 0) is 30.4 Å². The highest BCUT2D eigenvalue weighted by molar-refractivity contribution is 5.98. The van der Waals surface area contributed by atoms with Crippen molar-refractivity contribution < 1.29 is 19.4 Å². The fourth-order valence-corrected chi connectivity index (χ4v) is 3.58. The summed E-state index contributed by atoms with van der Waals surface area (Å²) in [7, 11) is 0. The molecule has 2 atom stereocenters. The maximum absolute atomic E-state index is 11.7. The summed E-state index contributed by atoms with van der Waals surface area (Å²) in [6.07, 6.45) is 3.55. The summed E-state index contributed by atoms with van der Waals surface area (Å²) in [4.78, 5) is 23.2. The molecule has 0 aromatic heterocycles. The molecule has 5 heteroatoms. The van der Waals surface area contributed by atoms with Gasteiger partial charge >= 0.3 is 5.97 Å². The van der Waals surface area contributed by atoms with Crippen molar-refractivity contribution in [2.75, 3.05) is 6.61 Å². The molecule has 3 N–H and O–H groups in total. The van der Waals surface area contributed by atoms with Crippen LogP contribution in [-0.4, -0.2) is 29.1 Å². The predicted molar refractivity (Wildman–Crippen MR) is 113 cm³/mol. The molecule has 0 amide bonds. The minimum Gasteiger partial charge on any atom is -0.458 e. The highest BCUT2D eigenvalue weighted by atomic mass is 16.6. The van der Waals surface area contributed by atoms with Crippen molar-refractivity contribution >= 4 is 11.8 Å². The van der Waals surface area contributed by atoms with Gasteiger partial charge in [0.25, 0.3) is 0 Å². The number of nitrogens with two attached hydrogens (primary N) is 1. The zero-order chi connectivity index (χ0) is 21.1. The number of esters is 1. The Bertz CT molecular complexity index is 745. The van der Waals surface area contributed by atoms with Gasteiger partial charge in [-0.15, -0.1) is 0 Å². The Morgan fingerprint density at radius 2 is 1.66 bits per heavy atom. The van der Waals surface area contributed by atoms with Gasteiger partial charge < -0.3 is 15.6 Å². The SMILES string of the molecule is CCC[C@@]1(CCc2ccccc2)CC(=O)CC(=O)O1.N[C@H](CO)c1ccccc1. The van der Waals surface area contributed by atoms with Crippen molar-refractivity contribution in [1.82, 2.24) is 0 Å². The minimum absolute atomic E-state index is 0.00398. The van der Waals surface area contributed by atoms with E-state index in [2.05, 4.69) is 19.1 Å². The average molecular weight is 398 g/mol. The summed E-state index contributed by atoms with van der Waals surface area (Å²) in [6.45, 7) is 2.06. The summed E-state index contributed by atoms with van der Waals surface area (Å²) < 4.78 is 5.55. The van der Waals surface area contributed by atoms with E-state index in [1.165, 1.54) is 5.56 Å². The van der Waals surface area contributed by atoms with E-state index in [0.29, 0.717) is 6.42 Å². The van der Waals surface area contributed by atoms with Crippen LogP contribution in [0.3, 0.4) is 0 Å². The Kier molecular flexibility index (Phi) is 9.03. The number of cyclic esters (lactones) is 1. The van der Waals surface area contributed by atoms with Crippen molar-refractivity contribution in [2.45, 2.75) is 57.1 Å². The average Bonchev–Trinajstić information content (AvgIpc) is 2.73. The molecule has 156 valence electrons. The van der Waals surface area contributed by atoms with E-state index >= 15 is 0 Å². The van der Waals surface area contributed by atoms with Gasteiger partial charge in [0.2, 0.25) is 0 Å². The number of aryl methyl sites for hydroxylation is 1. The van der Waals surface area contributed by atoms with Crippen molar-refractivity contribution in [1.29, 1.82) is 0 Å². The maximum Gasteiger partial charge on any atom is 0.313 e. The largest absolute Gasteiger partial charge is 0.458 e. The molecule has 0 spiro atoms. The van der Waals surface area contributed by atoms with Crippen molar-refractivity contribution in [3.8, 4) is 0 Å². The van der Waals surface area contributed by atoms with Crippen LogP contribution in [0.4, 0.5) is 0 Å². The highest BCUT2D eigenvalue weighted by Gasteiger charge is 2.40. The minimum atomic E-state index is -0.572. The van der Waals surface area contributed by atoms with E-state index in [1.807, 2.05) is 48.5 Å². The molecule has 0 radical (unpaired) electrons. The number of ketones is 1. The van der Waals surface area contributed by atoms with Crippen LogP contribution in [0, 0.1) is 0 Å². The van der Waals surface area contributed by atoms with Gasteiger partial charge in [-0.1, -0.05) is 74.0 Å². The first-order valence-electron chi connectivity index (χ1n) is 10.2. The van der Waals surface area contributed by atoms with E-state index < -0.39 is 5.60 Å². The summed E-state index contributed by atoms with van der Waals surface area (Å²) in [6, 6.07) is 19.4. The molecular weight excluding hydrogens is 366 g/mol. The molecule has 0 saturated carbocycles. The highest BCUT2D eigenvalue weighted by Crippen LogP contribution is 2.33. The standard InChI is InChI=1S/C16H20O3.C8H11NO/c1-2-9-16(12-14(17)11-15(18)19-16)10-8-13-6-4-3-5-7-13;9-8(6-10)7-4-2-1-3-5-7/h3-7H,2,8-12H2,1H3;1-5,8,10H,6,9H2/t16-;8-/m11/s1. The summed E-state index contributed by atoms with van der Waals surface area (Å²) in [5.41, 5.74) is 7.16. The van der Waals surface area contributed by atoms with Gasteiger partial charge in [0.05, 0.1) is 12.6 Å². The molecule has 0 bridgehead atoms. The number of hydrogen-bond acceptors (Lipinski definition) is 5. The molecule has 1 fully saturated rings. The van der Waals surface area contributed by atoms with E-state index in [0.717, 1.165) is 31.2 Å². The first kappa shape index (κ1) is 22.8. The van der Waals surface area contributed by atoms with Crippen molar-refractivity contribution in [3.63, 3.8) is 0 Å². The fourth-order valence-electron chi connectivity index (χ4n) is 3.58. The number of aliphatic hydroxyl groups excluding tert-OH is 1. The summed E-state index contributed by atoms with van der Waals surface area (Å²) in [5, 5.41) is 8.66. The van der Waals surface area contributed by atoms with Crippen LogP contribution in [0.2, 0.25) is 0 Å².